The Morgan fingerprint density at radius 1 is 1.19 bits per heavy atom. The molecule has 3 heterocycles. The summed E-state index contributed by atoms with van der Waals surface area (Å²) in [4.78, 5) is 25.1. The van der Waals surface area contributed by atoms with Crippen LogP contribution >= 0.6 is 11.6 Å². The molecule has 1 N–H and O–H groups in total. The van der Waals surface area contributed by atoms with Gasteiger partial charge in [0.2, 0.25) is 5.91 Å². The molecule has 2 saturated heterocycles. The number of nitrogens with one attached hydrogen (secondary N) is 1. The number of amides is 1. The van der Waals surface area contributed by atoms with Gasteiger partial charge in [-0.15, -0.1) is 0 Å². The quantitative estimate of drug-likeness (QED) is 0.671. The number of aromatic amines is 1. The molecule has 1 amide bonds. The van der Waals surface area contributed by atoms with Gasteiger partial charge in [0.15, 0.2) is 0 Å². The van der Waals surface area contributed by atoms with Crippen molar-refractivity contribution in [2.75, 3.05) is 51.4 Å². The summed E-state index contributed by atoms with van der Waals surface area (Å²) >= 11 is 6.53. The zero-order valence-electron chi connectivity index (χ0n) is 17.4. The molecule has 0 spiro atoms. The number of carbonyl (C=O) groups excluding carboxylic acids is 1. The van der Waals surface area contributed by atoms with Crippen molar-refractivity contribution in [3.8, 4) is 17.1 Å². The highest BCUT2D eigenvalue weighted by Crippen LogP contribution is 2.34. The molecule has 2 fully saturated rings. The number of ether oxygens (including phenoxy) is 2. The number of carbonyl (C=O) groups is 1. The summed E-state index contributed by atoms with van der Waals surface area (Å²) in [5.74, 6) is 1.76. The van der Waals surface area contributed by atoms with Crippen LogP contribution in [0.25, 0.3) is 22.4 Å². The first-order chi connectivity index (χ1) is 15.1. The highest BCUT2D eigenvalue weighted by atomic mass is 35.5. The minimum absolute atomic E-state index is 0.0240. The summed E-state index contributed by atoms with van der Waals surface area (Å²) in [7, 11) is 1.64. The first-order valence-electron chi connectivity index (χ1n) is 10.6. The zero-order chi connectivity index (χ0) is 21.4. The number of hydrogen-bond donors (Lipinski definition) is 1. The van der Waals surface area contributed by atoms with E-state index in [1.54, 1.807) is 7.11 Å². The van der Waals surface area contributed by atoms with Crippen LogP contribution in [0, 0.1) is 5.92 Å². The molecule has 2 aromatic carbocycles. The number of nitrogens with zero attached hydrogens (tertiary/aromatic N) is 3. The fraction of sp³-hybridized carbons (Fsp3) is 0.391. The molecule has 5 rings (SSSR count). The fourth-order valence-electron chi connectivity index (χ4n) is 4.37. The van der Waals surface area contributed by atoms with Crippen molar-refractivity contribution in [3.63, 3.8) is 0 Å². The summed E-state index contributed by atoms with van der Waals surface area (Å²) < 4.78 is 10.7. The molecule has 0 saturated carbocycles. The molecule has 3 aromatic rings. The molecule has 0 bridgehead atoms. The Hall–Kier alpha value is -2.77. The van der Waals surface area contributed by atoms with Gasteiger partial charge in [-0.1, -0.05) is 11.6 Å². The van der Waals surface area contributed by atoms with Crippen LogP contribution in [-0.4, -0.2) is 67.3 Å². The van der Waals surface area contributed by atoms with Gasteiger partial charge in [-0.3, -0.25) is 4.79 Å². The third-order valence-electron chi connectivity index (χ3n) is 6.12. The van der Waals surface area contributed by atoms with Gasteiger partial charge >= 0.3 is 0 Å². The third-order valence-corrected chi connectivity index (χ3v) is 6.45. The second-order valence-electron chi connectivity index (χ2n) is 8.00. The third kappa shape index (κ3) is 3.95. The lowest BCUT2D eigenvalue weighted by Gasteiger charge is -2.29. The van der Waals surface area contributed by atoms with E-state index in [0.717, 1.165) is 46.8 Å². The summed E-state index contributed by atoms with van der Waals surface area (Å²) in [6, 6.07) is 11.7. The Labute approximate surface area is 185 Å². The number of benzene rings is 2. The number of H-pyrrole nitrogens is 1. The Balaban J connectivity index is 1.37. The number of imidazole rings is 1. The molecule has 8 heteroatoms. The zero-order valence-corrected chi connectivity index (χ0v) is 18.2. The number of rotatable bonds is 4. The number of fused-ring (bicyclic) bond motifs is 1. The van der Waals surface area contributed by atoms with Crippen molar-refractivity contribution >= 4 is 34.2 Å². The van der Waals surface area contributed by atoms with Gasteiger partial charge in [-0.25, -0.2) is 4.98 Å². The predicted molar refractivity (Wildman–Crippen MR) is 121 cm³/mol. The number of methoxy groups -OCH3 is 1. The lowest BCUT2D eigenvalue weighted by Crippen LogP contribution is -2.44. The second kappa shape index (κ2) is 8.40. The lowest BCUT2D eigenvalue weighted by molar-refractivity contribution is -0.138. The van der Waals surface area contributed by atoms with E-state index in [1.807, 2.05) is 35.2 Å². The van der Waals surface area contributed by atoms with Crippen LogP contribution in [0.4, 0.5) is 5.69 Å². The Kier molecular flexibility index (Phi) is 5.46. The van der Waals surface area contributed by atoms with Crippen molar-refractivity contribution in [3.05, 3.63) is 41.4 Å². The Bertz CT molecular complexity index is 1110. The Morgan fingerprint density at radius 2 is 2.03 bits per heavy atom. The van der Waals surface area contributed by atoms with Crippen molar-refractivity contribution < 1.29 is 14.3 Å². The molecule has 1 atom stereocenters. The van der Waals surface area contributed by atoms with Crippen molar-refractivity contribution in [2.24, 2.45) is 5.92 Å². The van der Waals surface area contributed by atoms with E-state index in [-0.39, 0.29) is 11.8 Å². The van der Waals surface area contributed by atoms with Crippen LogP contribution in [0.5, 0.6) is 5.75 Å². The normalized spacial score (nSPS) is 19.2. The van der Waals surface area contributed by atoms with Gasteiger partial charge in [0.25, 0.3) is 0 Å². The van der Waals surface area contributed by atoms with Crippen molar-refractivity contribution in [1.29, 1.82) is 0 Å². The molecule has 0 radical (unpaired) electrons. The standard InChI is InChI=1S/C23H25ClN4O3/c1-30-17-3-5-20-21(13-17)26-22(25-20)18-12-16(2-4-19(18)24)28-7-6-15(14-28)23(29)27-8-10-31-11-9-27/h2-5,12-13,15H,6-11,14H2,1H3,(H,25,26). The minimum atomic E-state index is 0.0240. The van der Waals surface area contributed by atoms with Gasteiger partial charge in [-0.2, -0.15) is 0 Å². The maximum absolute atomic E-state index is 12.9. The van der Waals surface area contributed by atoms with E-state index in [2.05, 4.69) is 16.0 Å². The number of aromatic nitrogens is 2. The fourth-order valence-corrected chi connectivity index (χ4v) is 4.58. The van der Waals surface area contributed by atoms with Crippen LogP contribution in [0.3, 0.4) is 0 Å². The van der Waals surface area contributed by atoms with Gasteiger partial charge < -0.3 is 24.3 Å². The molecule has 2 aliphatic rings. The lowest BCUT2D eigenvalue weighted by atomic mass is 10.1. The summed E-state index contributed by atoms with van der Waals surface area (Å²) in [5.41, 5.74) is 3.65. The van der Waals surface area contributed by atoms with Crippen LogP contribution in [0.1, 0.15) is 6.42 Å². The van der Waals surface area contributed by atoms with E-state index in [9.17, 15) is 4.79 Å². The number of morpholine rings is 1. The predicted octanol–water partition coefficient (Wildman–Crippen LogP) is 3.58. The molecule has 2 aliphatic heterocycles. The molecule has 31 heavy (non-hydrogen) atoms. The van der Waals surface area contributed by atoms with E-state index < -0.39 is 0 Å². The minimum Gasteiger partial charge on any atom is -0.497 e. The summed E-state index contributed by atoms with van der Waals surface area (Å²) in [5, 5.41) is 0.634. The second-order valence-corrected chi connectivity index (χ2v) is 8.41. The van der Waals surface area contributed by atoms with Crippen LogP contribution in [0.2, 0.25) is 5.02 Å². The van der Waals surface area contributed by atoms with Crippen molar-refractivity contribution in [2.45, 2.75) is 6.42 Å². The molecule has 7 nitrogen and oxygen atoms in total. The summed E-state index contributed by atoms with van der Waals surface area (Å²) in [6.07, 6.45) is 0.860. The van der Waals surface area contributed by atoms with E-state index in [1.165, 1.54) is 0 Å². The van der Waals surface area contributed by atoms with Gasteiger partial charge in [0, 0.05) is 43.5 Å². The smallest absolute Gasteiger partial charge is 0.227 e. The average Bonchev–Trinajstić information content (AvgIpc) is 3.46. The van der Waals surface area contributed by atoms with E-state index in [4.69, 9.17) is 26.1 Å². The number of anilines is 1. The highest BCUT2D eigenvalue weighted by molar-refractivity contribution is 6.33. The van der Waals surface area contributed by atoms with Crippen LogP contribution < -0.4 is 9.64 Å². The van der Waals surface area contributed by atoms with Gasteiger partial charge in [-0.05, 0) is 36.8 Å². The summed E-state index contributed by atoms with van der Waals surface area (Å²) in [6.45, 7) is 4.21. The molecule has 0 aliphatic carbocycles. The van der Waals surface area contributed by atoms with Gasteiger partial charge in [0.1, 0.15) is 11.6 Å². The number of halogens is 1. The highest BCUT2D eigenvalue weighted by Gasteiger charge is 2.32. The maximum atomic E-state index is 12.9. The van der Waals surface area contributed by atoms with Crippen molar-refractivity contribution in [1.82, 2.24) is 14.9 Å². The average molecular weight is 441 g/mol. The van der Waals surface area contributed by atoms with E-state index >= 15 is 0 Å². The largest absolute Gasteiger partial charge is 0.497 e. The maximum Gasteiger partial charge on any atom is 0.227 e. The molecule has 162 valence electrons. The molecule has 1 aromatic heterocycles. The molecular weight excluding hydrogens is 416 g/mol. The first kappa shape index (κ1) is 20.2. The molecular formula is C23H25ClN4O3. The number of hydrogen-bond acceptors (Lipinski definition) is 5. The molecule has 1 unspecified atom stereocenters. The topological polar surface area (TPSA) is 70.7 Å². The van der Waals surface area contributed by atoms with Crippen LogP contribution in [-0.2, 0) is 9.53 Å². The van der Waals surface area contributed by atoms with Gasteiger partial charge in [0.05, 0.1) is 42.3 Å². The Morgan fingerprint density at radius 3 is 2.84 bits per heavy atom. The monoisotopic (exact) mass is 440 g/mol. The SMILES string of the molecule is COc1ccc2nc(-c3cc(N4CCC(C(=O)N5CCOCC5)C4)ccc3Cl)[nH]c2c1. The first-order valence-corrected chi connectivity index (χ1v) is 11.0. The van der Waals surface area contributed by atoms with Crippen LogP contribution in [0.15, 0.2) is 36.4 Å². The van der Waals surface area contributed by atoms with E-state index in [0.29, 0.717) is 37.9 Å².